The SMILES string of the molecule is Cc1ccsc1CNCC1(CO)CCCCC1. The topological polar surface area (TPSA) is 32.3 Å². The number of nitrogens with one attached hydrogen (secondary N) is 1. The largest absolute Gasteiger partial charge is 0.396 e. The molecule has 2 nitrogen and oxygen atoms in total. The van der Waals surface area contributed by atoms with Crippen LogP contribution < -0.4 is 5.32 Å². The van der Waals surface area contributed by atoms with Gasteiger partial charge in [-0.25, -0.2) is 0 Å². The van der Waals surface area contributed by atoms with Gasteiger partial charge in [-0.1, -0.05) is 19.3 Å². The van der Waals surface area contributed by atoms with Crippen LogP contribution in [-0.4, -0.2) is 18.3 Å². The van der Waals surface area contributed by atoms with Crippen LogP contribution in [0.3, 0.4) is 0 Å². The summed E-state index contributed by atoms with van der Waals surface area (Å²) in [7, 11) is 0. The molecule has 1 fully saturated rings. The quantitative estimate of drug-likeness (QED) is 0.845. The van der Waals surface area contributed by atoms with Gasteiger partial charge in [0.1, 0.15) is 0 Å². The molecular formula is C14H23NOS. The first-order valence-corrected chi connectivity index (χ1v) is 7.48. The van der Waals surface area contributed by atoms with Crippen LogP contribution in [0.1, 0.15) is 42.5 Å². The van der Waals surface area contributed by atoms with E-state index in [0.717, 1.165) is 13.1 Å². The van der Waals surface area contributed by atoms with Crippen LogP contribution in [-0.2, 0) is 6.54 Å². The lowest BCUT2D eigenvalue weighted by atomic mass is 9.74. The molecule has 0 bridgehead atoms. The third kappa shape index (κ3) is 3.30. The first-order valence-electron chi connectivity index (χ1n) is 6.60. The molecule has 0 spiro atoms. The van der Waals surface area contributed by atoms with Crippen molar-refractivity contribution in [1.82, 2.24) is 5.32 Å². The molecule has 2 N–H and O–H groups in total. The molecule has 0 radical (unpaired) electrons. The fourth-order valence-electron chi connectivity index (χ4n) is 2.72. The molecular weight excluding hydrogens is 230 g/mol. The molecule has 0 amide bonds. The van der Waals surface area contributed by atoms with Gasteiger partial charge in [0.15, 0.2) is 0 Å². The fourth-order valence-corrected chi connectivity index (χ4v) is 3.59. The fraction of sp³-hybridized carbons (Fsp3) is 0.714. The number of hydrogen-bond acceptors (Lipinski definition) is 3. The van der Waals surface area contributed by atoms with Crippen molar-refractivity contribution in [2.24, 2.45) is 5.41 Å². The summed E-state index contributed by atoms with van der Waals surface area (Å²) in [5.41, 5.74) is 1.54. The Kier molecular flexibility index (Phi) is 4.60. The second-order valence-electron chi connectivity index (χ2n) is 5.35. The van der Waals surface area contributed by atoms with Gasteiger partial charge >= 0.3 is 0 Å². The summed E-state index contributed by atoms with van der Waals surface area (Å²) >= 11 is 1.82. The molecule has 96 valence electrons. The van der Waals surface area contributed by atoms with Gasteiger partial charge in [-0.2, -0.15) is 0 Å². The summed E-state index contributed by atoms with van der Waals surface area (Å²) in [5.74, 6) is 0. The highest BCUT2D eigenvalue weighted by Gasteiger charge is 2.30. The number of hydrogen-bond donors (Lipinski definition) is 2. The van der Waals surface area contributed by atoms with Crippen molar-refractivity contribution >= 4 is 11.3 Å². The van der Waals surface area contributed by atoms with Crippen molar-refractivity contribution in [3.63, 3.8) is 0 Å². The highest BCUT2D eigenvalue weighted by atomic mass is 32.1. The van der Waals surface area contributed by atoms with Crippen molar-refractivity contribution in [2.45, 2.75) is 45.6 Å². The van der Waals surface area contributed by atoms with E-state index in [4.69, 9.17) is 0 Å². The first-order chi connectivity index (χ1) is 8.26. The molecule has 2 rings (SSSR count). The summed E-state index contributed by atoms with van der Waals surface area (Å²) in [6.07, 6.45) is 6.26. The lowest BCUT2D eigenvalue weighted by Gasteiger charge is -2.35. The van der Waals surface area contributed by atoms with Crippen molar-refractivity contribution < 1.29 is 5.11 Å². The Morgan fingerprint density at radius 1 is 1.35 bits per heavy atom. The standard InChI is InChI=1S/C14H23NOS/c1-12-5-8-17-13(12)9-15-10-14(11-16)6-3-2-4-7-14/h5,8,15-16H,2-4,6-7,9-11H2,1H3. The van der Waals surface area contributed by atoms with Crippen LogP contribution in [0, 0.1) is 12.3 Å². The summed E-state index contributed by atoms with van der Waals surface area (Å²) in [4.78, 5) is 1.42. The molecule has 17 heavy (non-hydrogen) atoms. The average Bonchev–Trinajstić information content (AvgIpc) is 2.76. The third-order valence-corrected chi connectivity index (χ3v) is 5.03. The molecule has 1 aliphatic carbocycles. The van der Waals surface area contributed by atoms with Crippen LogP contribution in [0.25, 0.3) is 0 Å². The van der Waals surface area contributed by atoms with Crippen molar-refractivity contribution in [1.29, 1.82) is 0 Å². The van der Waals surface area contributed by atoms with Gasteiger partial charge in [0.2, 0.25) is 0 Å². The maximum atomic E-state index is 9.62. The van der Waals surface area contributed by atoms with Crippen LogP contribution in [0.15, 0.2) is 11.4 Å². The Hall–Kier alpha value is -0.380. The van der Waals surface area contributed by atoms with Crippen molar-refractivity contribution in [2.75, 3.05) is 13.2 Å². The summed E-state index contributed by atoms with van der Waals surface area (Å²) < 4.78 is 0. The van der Waals surface area contributed by atoms with Crippen LogP contribution in [0.5, 0.6) is 0 Å². The molecule has 1 heterocycles. The molecule has 1 saturated carbocycles. The van der Waals surface area contributed by atoms with Crippen LogP contribution in [0.4, 0.5) is 0 Å². The number of aliphatic hydroxyl groups is 1. The molecule has 0 aliphatic heterocycles. The van der Waals surface area contributed by atoms with Gasteiger partial charge in [0.25, 0.3) is 0 Å². The lowest BCUT2D eigenvalue weighted by Crippen LogP contribution is -2.38. The molecule has 0 atom stereocenters. The molecule has 3 heteroatoms. The zero-order chi connectivity index (χ0) is 12.1. The Labute approximate surface area is 108 Å². The van der Waals surface area contributed by atoms with Gasteiger partial charge in [-0.15, -0.1) is 11.3 Å². The normalized spacial score (nSPS) is 19.4. The highest BCUT2D eigenvalue weighted by molar-refractivity contribution is 7.10. The van der Waals surface area contributed by atoms with Crippen LogP contribution in [0.2, 0.25) is 0 Å². The smallest absolute Gasteiger partial charge is 0.0499 e. The zero-order valence-corrected chi connectivity index (χ0v) is 11.5. The maximum Gasteiger partial charge on any atom is 0.0499 e. The van der Waals surface area contributed by atoms with E-state index in [0.29, 0.717) is 6.61 Å². The molecule has 0 aromatic carbocycles. The first kappa shape index (κ1) is 13.1. The van der Waals surface area contributed by atoms with E-state index in [9.17, 15) is 5.11 Å². The number of rotatable bonds is 5. The van der Waals surface area contributed by atoms with E-state index in [1.807, 2.05) is 11.3 Å². The highest BCUT2D eigenvalue weighted by Crippen LogP contribution is 2.35. The number of thiophene rings is 1. The van der Waals surface area contributed by atoms with Crippen molar-refractivity contribution in [3.05, 3.63) is 21.9 Å². The molecule has 0 unspecified atom stereocenters. The number of aryl methyl sites for hydroxylation is 1. The van der Waals surface area contributed by atoms with Crippen molar-refractivity contribution in [3.8, 4) is 0 Å². The minimum Gasteiger partial charge on any atom is -0.396 e. The Morgan fingerprint density at radius 2 is 2.12 bits per heavy atom. The van der Waals surface area contributed by atoms with Crippen LogP contribution >= 0.6 is 11.3 Å². The van der Waals surface area contributed by atoms with E-state index in [1.54, 1.807) is 0 Å². The van der Waals surface area contributed by atoms with E-state index >= 15 is 0 Å². The van der Waals surface area contributed by atoms with E-state index < -0.39 is 0 Å². The summed E-state index contributed by atoms with van der Waals surface area (Å²) in [6, 6.07) is 2.17. The Balaban J connectivity index is 1.82. The lowest BCUT2D eigenvalue weighted by molar-refractivity contribution is 0.0811. The summed E-state index contributed by atoms with van der Waals surface area (Å²) in [6.45, 7) is 4.41. The molecule has 1 aliphatic rings. The second kappa shape index (κ2) is 5.98. The minimum atomic E-state index is 0.156. The van der Waals surface area contributed by atoms with Gasteiger partial charge in [0, 0.05) is 30.0 Å². The Morgan fingerprint density at radius 3 is 2.71 bits per heavy atom. The molecule has 1 aromatic rings. The monoisotopic (exact) mass is 253 g/mol. The Bertz CT molecular complexity index is 342. The molecule has 0 saturated heterocycles. The van der Waals surface area contributed by atoms with E-state index in [2.05, 4.69) is 23.7 Å². The van der Waals surface area contributed by atoms with E-state index in [1.165, 1.54) is 42.5 Å². The van der Waals surface area contributed by atoms with Gasteiger partial charge in [-0.05, 0) is 36.8 Å². The van der Waals surface area contributed by atoms with Gasteiger partial charge in [-0.3, -0.25) is 0 Å². The predicted molar refractivity (Wildman–Crippen MR) is 73.4 cm³/mol. The third-order valence-electron chi connectivity index (χ3n) is 4.00. The molecule has 1 aromatic heterocycles. The summed E-state index contributed by atoms with van der Waals surface area (Å²) in [5, 5.41) is 15.3. The minimum absolute atomic E-state index is 0.156. The van der Waals surface area contributed by atoms with Gasteiger partial charge < -0.3 is 10.4 Å². The zero-order valence-electron chi connectivity index (χ0n) is 10.7. The predicted octanol–water partition coefficient (Wildman–Crippen LogP) is 3.09. The maximum absolute atomic E-state index is 9.62. The average molecular weight is 253 g/mol. The van der Waals surface area contributed by atoms with E-state index in [-0.39, 0.29) is 5.41 Å². The second-order valence-corrected chi connectivity index (χ2v) is 6.35. The number of aliphatic hydroxyl groups excluding tert-OH is 1. The van der Waals surface area contributed by atoms with Gasteiger partial charge in [0.05, 0.1) is 0 Å².